The summed E-state index contributed by atoms with van der Waals surface area (Å²) in [6.45, 7) is 2.49. The highest BCUT2D eigenvalue weighted by Crippen LogP contribution is 2.09. The third kappa shape index (κ3) is 3.95. The van der Waals surface area contributed by atoms with E-state index >= 15 is 0 Å². The second-order valence-electron chi connectivity index (χ2n) is 4.24. The molecule has 0 radical (unpaired) electrons. The van der Waals surface area contributed by atoms with Crippen LogP contribution in [0.15, 0.2) is 30.6 Å². The van der Waals surface area contributed by atoms with Gasteiger partial charge in [0.1, 0.15) is 23.1 Å². The van der Waals surface area contributed by atoms with Crippen LogP contribution in [0.25, 0.3) is 0 Å². The molecule has 1 amide bonds. The van der Waals surface area contributed by atoms with Gasteiger partial charge >= 0.3 is 0 Å². The average molecular weight is 292 g/mol. The van der Waals surface area contributed by atoms with Crippen molar-refractivity contribution >= 4 is 11.7 Å². The normalized spacial score (nSPS) is 10.2. The van der Waals surface area contributed by atoms with E-state index in [0.717, 1.165) is 12.1 Å². The number of nitrogens with one attached hydrogen (secondary N) is 2. The second kappa shape index (κ2) is 6.74. The number of carbonyl (C=O) groups is 1. The fourth-order valence-electron chi connectivity index (χ4n) is 1.67. The van der Waals surface area contributed by atoms with Gasteiger partial charge in [0, 0.05) is 24.7 Å². The van der Waals surface area contributed by atoms with Gasteiger partial charge in [0.15, 0.2) is 0 Å². The first-order valence-electron chi connectivity index (χ1n) is 6.38. The minimum absolute atomic E-state index is 0.0575. The van der Waals surface area contributed by atoms with E-state index in [0.29, 0.717) is 12.4 Å². The fourth-order valence-corrected chi connectivity index (χ4v) is 1.67. The lowest BCUT2D eigenvalue weighted by Crippen LogP contribution is -2.24. The van der Waals surface area contributed by atoms with Crippen LogP contribution in [0.5, 0.6) is 0 Å². The molecule has 21 heavy (non-hydrogen) atoms. The minimum Gasteiger partial charge on any atom is -0.369 e. The van der Waals surface area contributed by atoms with Crippen molar-refractivity contribution in [3.05, 3.63) is 53.5 Å². The molecule has 5 nitrogen and oxygen atoms in total. The molecule has 2 N–H and O–H groups in total. The summed E-state index contributed by atoms with van der Waals surface area (Å²) in [7, 11) is 0. The number of rotatable bonds is 5. The summed E-state index contributed by atoms with van der Waals surface area (Å²) in [4.78, 5) is 19.9. The molecule has 1 heterocycles. The monoisotopic (exact) mass is 292 g/mol. The Balaban J connectivity index is 2.02. The summed E-state index contributed by atoms with van der Waals surface area (Å²) >= 11 is 0. The zero-order valence-electron chi connectivity index (χ0n) is 11.4. The Morgan fingerprint density at radius 1 is 1.29 bits per heavy atom. The predicted molar refractivity (Wildman–Crippen MR) is 73.7 cm³/mol. The number of hydrogen-bond acceptors (Lipinski definition) is 4. The van der Waals surface area contributed by atoms with Gasteiger partial charge in [0.25, 0.3) is 5.91 Å². The second-order valence-corrected chi connectivity index (χ2v) is 4.24. The lowest BCUT2D eigenvalue weighted by Gasteiger charge is -2.07. The molecule has 0 aliphatic heterocycles. The zero-order valence-corrected chi connectivity index (χ0v) is 11.4. The molecular weight excluding hydrogens is 278 g/mol. The smallest absolute Gasteiger partial charge is 0.271 e. The Bertz CT molecular complexity index is 649. The van der Waals surface area contributed by atoms with Crippen LogP contribution < -0.4 is 10.6 Å². The molecule has 2 rings (SSSR count). The van der Waals surface area contributed by atoms with Crippen LogP contribution in [0.1, 0.15) is 23.0 Å². The average Bonchev–Trinajstić information content (AvgIpc) is 2.47. The molecule has 0 unspecified atom stereocenters. The summed E-state index contributed by atoms with van der Waals surface area (Å²) in [6.07, 6.45) is 2.82. The fraction of sp³-hybridized carbons (Fsp3) is 0.214. The molecule has 0 fully saturated rings. The summed E-state index contributed by atoms with van der Waals surface area (Å²) in [5, 5.41) is 5.45. The quantitative estimate of drug-likeness (QED) is 0.886. The Morgan fingerprint density at radius 2 is 2.10 bits per heavy atom. The number of aromatic nitrogens is 2. The van der Waals surface area contributed by atoms with Crippen molar-refractivity contribution in [1.29, 1.82) is 0 Å². The van der Waals surface area contributed by atoms with E-state index in [2.05, 4.69) is 20.6 Å². The molecule has 0 saturated heterocycles. The first-order valence-corrected chi connectivity index (χ1v) is 6.38. The number of anilines is 1. The van der Waals surface area contributed by atoms with Crippen LogP contribution in [0.2, 0.25) is 0 Å². The first kappa shape index (κ1) is 14.8. The topological polar surface area (TPSA) is 66.9 Å². The summed E-state index contributed by atoms with van der Waals surface area (Å²) in [5.74, 6) is -1.36. The third-order valence-corrected chi connectivity index (χ3v) is 2.68. The summed E-state index contributed by atoms with van der Waals surface area (Å²) in [6, 6.07) is 3.19. The van der Waals surface area contributed by atoms with E-state index in [1.807, 2.05) is 6.92 Å². The van der Waals surface area contributed by atoms with Crippen LogP contribution in [-0.4, -0.2) is 22.4 Å². The molecule has 0 spiro atoms. The minimum atomic E-state index is -0.706. The van der Waals surface area contributed by atoms with E-state index < -0.39 is 17.5 Å². The maximum atomic E-state index is 13.4. The molecule has 1 aromatic carbocycles. The molecule has 110 valence electrons. The molecule has 1 aromatic heterocycles. The number of nitrogens with zero attached hydrogens (tertiary/aromatic N) is 2. The number of hydrogen-bond donors (Lipinski definition) is 2. The molecule has 2 aromatic rings. The van der Waals surface area contributed by atoms with Gasteiger partial charge in [-0.2, -0.15) is 0 Å². The summed E-state index contributed by atoms with van der Waals surface area (Å²) < 4.78 is 26.2. The Morgan fingerprint density at radius 3 is 2.81 bits per heavy atom. The highest BCUT2D eigenvalue weighted by Gasteiger charge is 2.10. The van der Waals surface area contributed by atoms with Crippen LogP contribution in [0.3, 0.4) is 0 Å². The van der Waals surface area contributed by atoms with Crippen molar-refractivity contribution in [2.24, 2.45) is 0 Å². The molecule has 0 saturated carbocycles. The highest BCUT2D eigenvalue weighted by molar-refractivity contribution is 5.92. The third-order valence-electron chi connectivity index (χ3n) is 2.68. The van der Waals surface area contributed by atoms with E-state index in [9.17, 15) is 13.6 Å². The largest absolute Gasteiger partial charge is 0.369 e. The van der Waals surface area contributed by atoms with Gasteiger partial charge in [-0.15, -0.1) is 0 Å². The van der Waals surface area contributed by atoms with Crippen molar-refractivity contribution in [3.63, 3.8) is 0 Å². The van der Waals surface area contributed by atoms with Gasteiger partial charge in [-0.05, 0) is 13.0 Å². The van der Waals surface area contributed by atoms with Gasteiger partial charge < -0.3 is 10.6 Å². The Hall–Kier alpha value is -2.57. The van der Waals surface area contributed by atoms with Gasteiger partial charge in [-0.25, -0.2) is 13.8 Å². The van der Waals surface area contributed by atoms with Crippen molar-refractivity contribution < 1.29 is 13.6 Å². The molecular formula is C14H14F2N4O. The maximum absolute atomic E-state index is 13.4. The van der Waals surface area contributed by atoms with Gasteiger partial charge in [-0.1, -0.05) is 6.07 Å². The van der Waals surface area contributed by atoms with Crippen LogP contribution in [0, 0.1) is 11.6 Å². The van der Waals surface area contributed by atoms with E-state index in [1.165, 1.54) is 18.5 Å². The number of halogens is 2. The molecule has 7 heteroatoms. The van der Waals surface area contributed by atoms with Crippen molar-refractivity contribution in [2.45, 2.75) is 13.5 Å². The van der Waals surface area contributed by atoms with E-state index in [-0.39, 0.29) is 17.8 Å². The molecule has 0 atom stereocenters. The number of amides is 1. The van der Waals surface area contributed by atoms with Crippen molar-refractivity contribution in [2.75, 3.05) is 11.9 Å². The van der Waals surface area contributed by atoms with Crippen LogP contribution >= 0.6 is 0 Å². The molecule has 0 aliphatic carbocycles. The van der Waals surface area contributed by atoms with Crippen molar-refractivity contribution in [3.8, 4) is 0 Å². The van der Waals surface area contributed by atoms with E-state index in [4.69, 9.17) is 0 Å². The standard InChI is InChI=1S/C14H14F2N4O/c1-2-18-13-8-17-7-12(20-13)14(21)19-6-9-3-4-10(15)5-11(9)16/h3-5,7-8H,2,6H2,1H3,(H,18,20)(H,19,21). The Labute approximate surface area is 120 Å². The SMILES string of the molecule is CCNc1cncc(C(=O)NCc2ccc(F)cc2F)n1. The lowest BCUT2D eigenvalue weighted by atomic mass is 10.2. The van der Waals surface area contributed by atoms with Gasteiger partial charge in [0.2, 0.25) is 0 Å². The molecule has 0 aliphatic rings. The highest BCUT2D eigenvalue weighted by atomic mass is 19.1. The number of carbonyl (C=O) groups excluding carboxylic acids is 1. The van der Waals surface area contributed by atoms with Gasteiger partial charge in [-0.3, -0.25) is 9.78 Å². The Kier molecular flexibility index (Phi) is 4.76. The zero-order chi connectivity index (χ0) is 15.2. The summed E-state index contributed by atoms with van der Waals surface area (Å²) in [5.41, 5.74) is 0.316. The predicted octanol–water partition coefficient (Wildman–Crippen LogP) is 2.12. The number of benzene rings is 1. The molecule has 0 bridgehead atoms. The van der Waals surface area contributed by atoms with Crippen LogP contribution in [-0.2, 0) is 6.54 Å². The first-order chi connectivity index (χ1) is 10.1. The van der Waals surface area contributed by atoms with Crippen molar-refractivity contribution in [1.82, 2.24) is 15.3 Å². The maximum Gasteiger partial charge on any atom is 0.271 e. The van der Waals surface area contributed by atoms with E-state index in [1.54, 1.807) is 0 Å². The van der Waals surface area contributed by atoms with Crippen LogP contribution in [0.4, 0.5) is 14.6 Å². The lowest BCUT2D eigenvalue weighted by molar-refractivity contribution is 0.0945. The van der Waals surface area contributed by atoms with Gasteiger partial charge in [0.05, 0.1) is 12.4 Å².